The first-order valence-electron chi connectivity index (χ1n) is 7.84. The molecule has 4 heteroatoms. The molecule has 124 valence electrons. The minimum atomic E-state index is -4.28. The Kier molecular flexibility index (Phi) is 5.83. The van der Waals surface area contributed by atoms with Crippen LogP contribution in [0.3, 0.4) is 0 Å². The van der Waals surface area contributed by atoms with E-state index in [9.17, 15) is 13.2 Å². The Morgan fingerprint density at radius 2 is 1.39 bits per heavy atom. The van der Waals surface area contributed by atoms with Crippen LogP contribution in [-0.2, 0) is 19.3 Å². The molecule has 23 heavy (non-hydrogen) atoms. The second-order valence-corrected chi connectivity index (χ2v) is 5.84. The van der Waals surface area contributed by atoms with Crippen LogP contribution in [0.15, 0.2) is 54.6 Å². The molecule has 0 radical (unpaired) electrons. The van der Waals surface area contributed by atoms with E-state index in [0.29, 0.717) is 12.6 Å². The molecule has 0 aliphatic rings. The third kappa shape index (κ3) is 5.10. The zero-order valence-electron chi connectivity index (χ0n) is 13.5. The summed E-state index contributed by atoms with van der Waals surface area (Å²) in [5.74, 6) is 0. The average molecular weight is 321 g/mol. The maximum absolute atomic E-state index is 12.6. The summed E-state index contributed by atoms with van der Waals surface area (Å²) in [7, 11) is 0. The van der Waals surface area contributed by atoms with Crippen LogP contribution in [0.2, 0.25) is 0 Å². The molecular weight excluding hydrogens is 299 g/mol. The Morgan fingerprint density at radius 1 is 0.870 bits per heavy atom. The number of alkyl halides is 3. The number of hydrogen-bond acceptors (Lipinski definition) is 1. The molecule has 1 atom stereocenters. The molecule has 0 saturated carbocycles. The second kappa shape index (κ2) is 7.64. The molecule has 0 bridgehead atoms. The molecular formula is C19H22F3N. The van der Waals surface area contributed by atoms with Crippen molar-refractivity contribution >= 4 is 0 Å². The molecule has 0 N–H and O–H groups in total. The Labute approximate surface area is 135 Å². The predicted octanol–water partition coefficient (Wildman–Crippen LogP) is 5.51. The van der Waals surface area contributed by atoms with E-state index in [1.54, 1.807) is 12.1 Å². The molecule has 0 saturated heterocycles. The van der Waals surface area contributed by atoms with Gasteiger partial charge < -0.3 is 0 Å². The van der Waals surface area contributed by atoms with Gasteiger partial charge in [0.15, 0.2) is 0 Å². The fourth-order valence-corrected chi connectivity index (χ4v) is 2.48. The predicted molar refractivity (Wildman–Crippen MR) is 86.9 cm³/mol. The van der Waals surface area contributed by atoms with Gasteiger partial charge in [0, 0.05) is 19.1 Å². The molecule has 0 aliphatic heterocycles. The lowest BCUT2D eigenvalue weighted by atomic mass is 10.1. The van der Waals surface area contributed by atoms with E-state index < -0.39 is 11.7 Å². The molecule has 0 spiro atoms. The highest BCUT2D eigenvalue weighted by Crippen LogP contribution is 2.29. The minimum Gasteiger partial charge on any atom is -0.292 e. The van der Waals surface area contributed by atoms with Gasteiger partial charge in [-0.15, -0.1) is 0 Å². The SMILES string of the molecule is CC[C@H](C)N(Cc1ccccc1)Cc1ccc(C(F)(F)F)cc1. The van der Waals surface area contributed by atoms with E-state index in [0.717, 1.165) is 30.7 Å². The topological polar surface area (TPSA) is 3.24 Å². The van der Waals surface area contributed by atoms with Crippen LogP contribution in [0, 0.1) is 0 Å². The first-order valence-corrected chi connectivity index (χ1v) is 7.84. The van der Waals surface area contributed by atoms with Crippen molar-refractivity contribution in [3.8, 4) is 0 Å². The second-order valence-electron chi connectivity index (χ2n) is 5.84. The Morgan fingerprint density at radius 3 is 1.87 bits per heavy atom. The van der Waals surface area contributed by atoms with Crippen molar-refractivity contribution in [3.05, 3.63) is 71.3 Å². The average Bonchev–Trinajstić information content (AvgIpc) is 2.54. The molecule has 0 aromatic heterocycles. The van der Waals surface area contributed by atoms with E-state index in [1.165, 1.54) is 5.56 Å². The van der Waals surface area contributed by atoms with Crippen molar-refractivity contribution in [1.29, 1.82) is 0 Å². The van der Waals surface area contributed by atoms with Crippen LogP contribution in [0.1, 0.15) is 37.0 Å². The zero-order valence-corrected chi connectivity index (χ0v) is 13.5. The lowest BCUT2D eigenvalue weighted by Gasteiger charge is -2.28. The van der Waals surface area contributed by atoms with E-state index in [-0.39, 0.29) is 0 Å². The summed E-state index contributed by atoms with van der Waals surface area (Å²) < 4.78 is 37.9. The monoisotopic (exact) mass is 321 g/mol. The van der Waals surface area contributed by atoms with Crippen LogP contribution in [0.5, 0.6) is 0 Å². The van der Waals surface area contributed by atoms with Gasteiger partial charge in [0.05, 0.1) is 5.56 Å². The molecule has 2 aromatic rings. The van der Waals surface area contributed by atoms with E-state index >= 15 is 0 Å². The van der Waals surface area contributed by atoms with E-state index in [4.69, 9.17) is 0 Å². The summed E-state index contributed by atoms with van der Waals surface area (Å²) in [5.41, 5.74) is 1.51. The van der Waals surface area contributed by atoms with Crippen molar-refractivity contribution in [2.75, 3.05) is 0 Å². The zero-order chi connectivity index (χ0) is 16.9. The van der Waals surface area contributed by atoms with Crippen LogP contribution in [-0.4, -0.2) is 10.9 Å². The normalized spacial score (nSPS) is 13.3. The highest BCUT2D eigenvalue weighted by molar-refractivity contribution is 5.25. The molecule has 0 amide bonds. The number of benzene rings is 2. The summed E-state index contributed by atoms with van der Waals surface area (Å²) in [4.78, 5) is 2.29. The van der Waals surface area contributed by atoms with Crippen LogP contribution >= 0.6 is 0 Å². The number of halogens is 3. The van der Waals surface area contributed by atoms with Gasteiger partial charge in [0.1, 0.15) is 0 Å². The largest absolute Gasteiger partial charge is 0.416 e. The molecule has 0 heterocycles. The van der Waals surface area contributed by atoms with Crippen molar-refractivity contribution in [1.82, 2.24) is 4.90 Å². The van der Waals surface area contributed by atoms with Gasteiger partial charge in [0.25, 0.3) is 0 Å². The molecule has 1 nitrogen and oxygen atoms in total. The van der Waals surface area contributed by atoms with Crippen molar-refractivity contribution in [2.45, 2.75) is 45.6 Å². The van der Waals surface area contributed by atoms with Gasteiger partial charge >= 0.3 is 6.18 Å². The molecule has 0 fully saturated rings. The smallest absolute Gasteiger partial charge is 0.292 e. The van der Waals surface area contributed by atoms with Crippen molar-refractivity contribution in [2.24, 2.45) is 0 Å². The minimum absolute atomic E-state index is 0.359. The van der Waals surface area contributed by atoms with Crippen LogP contribution < -0.4 is 0 Å². The molecule has 0 unspecified atom stereocenters. The van der Waals surface area contributed by atoms with Crippen molar-refractivity contribution < 1.29 is 13.2 Å². The van der Waals surface area contributed by atoms with Gasteiger partial charge in [-0.05, 0) is 36.6 Å². The number of rotatable bonds is 6. The lowest BCUT2D eigenvalue weighted by molar-refractivity contribution is -0.137. The Balaban J connectivity index is 2.11. The number of nitrogens with zero attached hydrogens (tertiary/aromatic N) is 1. The maximum Gasteiger partial charge on any atom is 0.416 e. The van der Waals surface area contributed by atoms with Gasteiger partial charge in [-0.1, -0.05) is 49.4 Å². The third-order valence-corrected chi connectivity index (χ3v) is 4.11. The quantitative estimate of drug-likeness (QED) is 0.678. The van der Waals surface area contributed by atoms with Gasteiger partial charge in [-0.2, -0.15) is 13.2 Å². The third-order valence-electron chi connectivity index (χ3n) is 4.11. The summed E-state index contributed by atoms with van der Waals surface area (Å²) >= 11 is 0. The summed E-state index contributed by atoms with van der Waals surface area (Å²) in [6.45, 7) is 5.70. The first-order chi connectivity index (χ1) is 10.9. The van der Waals surface area contributed by atoms with Gasteiger partial charge in [-0.3, -0.25) is 4.90 Å². The molecule has 0 aliphatic carbocycles. The highest BCUT2D eigenvalue weighted by atomic mass is 19.4. The highest BCUT2D eigenvalue weighted by Gasteiger charge is 2.30. The first kappa shape index (κ1) is 17.5. The summed E-state index contributed by atoms with van der Waals surface area (Å²) in [6.07, 6.45) is -3.29. The molecule has 2 aromatic carbocycles. The molecule has 2 rings (SSSR count). The number of hydrogen-bond donors (Lipinski definition) is 0. The summed E-state index contributed by atoms with van der Waals surface area (Å²) in [6, 6.07) is 15.9. The Hall–Kier alpha value is -1.81. The van der Waals surface area contributed by atoms with Gasteiger partial charge in [-0.25, -0.2) is 0 Å². The van der Waals surface area contributed by atoms with Gasteiger partial charge in [0.2, 0.25) is 0 Å². The standard InChI is InChI=1S/C19H22F3N/c1-3-15(2)23(13-16-7-5-4-6-8-16)14-17-9-11-18(12-10-17)19(20,21)22/h4-12,15H,3,13-14H2,1-2H3/t15-/m0/s1. The van der Waals surface area contributed by atoms with Crippen LogP contribution in [0.4, 0.5) is 13.2 Å². The fourth-order valence-electron chi connectivity index (χ4n) is 2.48. The van der Waals surface area contributed by atoms with E-state index in [1.807, 2.05) is 18.2 Å². The lowest BCUT2D eigenvalue weighted by Crippen LogP contribution is -2.31. The maximum atomic E-state index is 12.6. The fraction of sp³-hybridized carbons (Fsp3) is 0.368. The Bertz CT molecular complexity index is 590. The summed E-state index contributed by atoms with van der Waals surface area (Å²) in [5, 5.41) is 0. The van der Waals surface area contributed by atoms with Crippen molar-refractivity contribution in [3.63, 3.8) is 0 Å². The van der Waals surface area contributed by atoms with E-state index in [2.05, 4.69) is 30.9 Å². The van der Waals surface area contributed by atoms with Crippen LogP contribution in [0.25, 0.3) is 0 Å².